The van der Waals surface area contributed by atoms with Gasteiger partial charge in [-0.1, -0.05) is 30.3 Å². The van der Waals surface area contributed by atoms with E-state index in [0.717, 1.165) is 66.0 Å². The average molecular weight is 617 g/mol. The van der Waals surface area contributed by atoms with Gasteiger partial charge in [0.1, 0.15) is 5.69 Å². The molecule has 1 saturated heterocycles. The van der Waals surface area contributed by atoms with E-state index in [1.54, 1.807) is 29.7 Å². The molecule has 45 heavy (non-hydrogen) atoms. The first kappa shape index (κ1) is 28.7. The fraction of sp³-hybridized carbons (Fsp3) is 0.176. The van der Waals surface area contributed by atoms with Crippen molar-refractivity contribution in [1.29, 1.82) is 0 Å². The first-order chi connectivity index (χ1) is 22.1. The minimum Gasteiger partial charge on any atom is -0.395 e. The summed E-state index contributed by atoms with van der Waals surface area (Å²) in [4.78, 5) is 32.6. The van der Waals surface area contributed by atoms with Crippen LogP contribution in [-0.2, 0) is 0 Å². The van der Waals surface area contributed by atoms with Crippen molar-refractivity contribution in [1.82, 2.24) is 24.3 Å². The SMILES string of the molecule is O=C(Nc1cccc(-c2nc3sccn3c2-c2ccnc(Nc3ccc(N4CCN(CCO)CC4)cc3)n2)c1)c1ccccc1. The van der Waals surface area contributed by atoms with Gasteiger partial charge in [-0.15, -0.1) is 11.3 Å². The monoisotopic (exact) mass is 616 g/mol. The second-order valence-corrected chi connectivity index (χ2v) is 11.6. The van der Waals surface area contributed by atoms with Crippen molar-refractivity contribution in [2.75, 3.05) is 54.9 Å². The largest absolute Gasteiger partial charge is 0.395 e. The molecular formula is C34H32N8O2S. The van der Waals surface area contributed by atoms with E-state index in [1.807, 2.05) is 76.6 Å². The van der Waals surface area contributed by atoms with Gasteiger partial charge in [0.2, 0.25) is 5.95 Å². The molecule has 0 radical (unpaired) electrons. The Kier molecular flexibility index (Phi) is 8.19. The third kappa shape index (κ3) is 6.27. The highest BCUT2D eigenvalue weighted by Crippen LogP contribution is 2.35. The minimum atomic E-state index is -0.168. The quantitative estimate of drug-likeness (QED) is 0.192. The molecule has 3 aromatic heterocycles. The fourth-order valence-corrected chi connectivity index (χ4v) is 6.29. The number of anilines is 4. The van der Waals surface area contributed by atoms with Crippen LogP contribution in [0.25, 0.3) is 27.6 Å². The summed E-state index contributed by atoms with van der Waals surface area (Å²) in [5.74, 6) is 0.317. The van der Waals surface area contributed by atoms with Gasteiger partial charge >= 0.3 is 0 Å². The van der Waals surface area contributed by atoms with Crippen molar-refractivity contribution in [2.24, 2.45) is 0 Å². The van der Waals surface area contributed by atoms with Crippen LogP contribution >= 0.6 is 11.3 Å². The molecule has 0 saturated carbocycles. The molecule has 0 spiro atoms. The van der Waals surface area contributed by atoms with E-state index in [9.17, 15) is 9.90 Å². The Morgan fingerprint density at radius 1 is 0.889 bits per heavy atom. The summed E-state index contributed by atoms with van der Waals surface area (Å²) >= 11 is 1.55. The molecule has 3 aromatic carbocycles. The summed E-state index contributed by atoms with van der Waals surface area (Å²) in [6.45, 7) is 4.69. The van der Waals surface area contributed by atoms with E-state index in [0.29, 0.717) is 17.2 Å². The summed E-state index contributed by atoms with van der Waals surface area (Å²) < 4.78 is 2.04. The van der Waals surface area contributed by atoms with Crippen molar-refractivity contribution in [3.8, 4) is 22.6 Å². The van der Waals surface area contributed by atoms with Crippen molar-refractivity contribution >= 4 is 45.2 Å². The van der Waals surface area contributed by atoms with Crippen LogP contribution in [0.5, 0.6) is 0 Å². The van der Waals surface area contributed by atoms with Crippen LogP contribution in [0.4, 0.5) is 23.0 Å². The smallest absolute Gasteiger partial charge is 0.255 e. The lowest BCUT2D eigenvalue weighted by Crippen LogP contribution is -2.47. The Balaban J connectivity index is 1.12. The second-order valence-electron chi connectivity index (χ2n) is 10.8. The Hall–Kier alpha value is -5.10. The van der Waals surface area contributed by atoms with Crippen LogP contribution in [-0.4, -0.2) is 74.6 Å². The molecule has 11 heteroatoms. The van der Waals surface area contributed by atoms with Gasteiger partial charge in [0.25, 0.3) is 5.91 Å². The van der Waals surface area contributed by atoms with Crippen LogP contribution in [0, 0.1) is 0 Å². The number of aliphatic hydroxyl groups excluding tert-OH is 1. The first-order valence-electron chi connectivity index (χ1n) is 14.9. The molecule has 6 aromatic rings. The van der Waals surface area contributed by atoms with Crippen LogP contribution in [0.15, 0.2) is 103 Å². The molecule has 10 nitrogen and oxygen atoms in total. The Morgan fingerprint density at radius 3 is 2.51 bits per heavy atom. The second kappa shape index (κ2) is 12.9. The van der Waals surface area contributed by atoms with Gasteiger partial charge < -0.3 is 20.6 Å². The average Bonchev–Trinajstić information content (AvgIpc) is 3.68. The molecule has 0 bridgehead atoms. The Bertz CT molecular complexity index is 1910. The molecule has 3 N–H and O–H groups in total. The molecule has 226 valence electrons. The number of piperazine rings is 1. The minimum absolute atomic E-state index is 0.168. The lowest BCUT2D eigenvalue weighted by Gasteiger charge is -2.35. The maximum atomic E-state index is 12.8. The topological polar surface area (TPSA) is 111 Å². The molecule has 0 unspecified atom stereocenters. The van der Waals surface area contributed by atoms with E-state index < -0.39 is 0 Å². The number of fused-ring (bicyclic) bond motifs is 1. The van der Waals surface area contributed by atoms with Crippen molar-refractivity contribution in [2.45, 2.75) is 0 Å². The zero-order valence-electron chi connectivity index (χ0n) is 24.5. The van der Waals surface area contributed by atoms with Crippen molar-refractivity contribution in [3.63, 3.8) is 0 Å². The number of benzene rings is 3. The number of hydrogen-bond donors (Lipinski definition) is 3. The molecule has 1 amide bonds. The van der Waals surface area contributed by atoms with Gasteiger partial charge in [-0.25, -0.2) is 15.0 Å². The van der Waals surface area contributed by atoms with E-state index in [2.05, 4.69) is 37.6 Å². The maximum absolute atomic E-state index is 12.8. The van der Waals surface area contributed by atoms with E-state index in [4.69, 9.17) is 9.97 Å². The lowest BCUT2D eigenvalue weighted by molar-refractivity contribution is 0.102. The van der Waals surface area contributed by atoms with E-state index in [1.165, 1.54) is 5.69 Å². The number of rotatable bonds is 9. The van der Waals surface area contributed by atoms with Gasteiger partial charge in [-0.2, -0.15) is 0 Å². The maximum Gasteiger partial charge on any atom is 0.255 e. The van der Waals surface area contributed by atoms with E-state index in [-0.39, 0.29) is 12.5 Å². The highest BCUT2D eigenvalue weighted by Gasteiger charge is 2.20. The van der Waals surface area contributed by atoms with Gasteiger partial charge in [-0.05, 0) is 54.6 Å². The normalized spacial score (nSPS) is 13.7. The number of imidazole rings is 1. The van der Waals surface area contributed by atoms with Crippen LogP contribution in [0.2, 0.25) is 0 Å². The van der Waals surface area contributed by atoms with Gasteiger partial charge in [0.05, 0.1) is 18.0 Å². The fourth-order valence-electron chi connectivity index (χ4n) is 5.58. The van der Waals surface area contributed by atoms with Gasteiger partial charge in [0, 0.05) is 78.7 Å². The molecule has 1 aliphatic heterocycles. The van der Waals surface area contributed by atoms with E-state index >= 15 is 0 Å². The number of aromatic nitrogens is 4. The Labute approximate surface area is 264 Å². The van der Waals surface area contributed by atoms with Crippen molar-refractivity contribution in [3.05, 3.63) is 108 Å². The van der Waals surface area contributed by atoms with Crippen LogP contribution < -0.4 is 15.5 Å². The first-order valence-corrected chi connectivity index (χ1v) is 15.7. The van der Waals surface area contributed by atoms with Gasteiger partial charge in [-0.3, -0.25) is 14.1 Å². The molecule has 0 atom stereocenters. The number of aliphatic hydroxyl groups is 1. The predicted octanol–water partition coefficient (Wildman–Crippen LogP) is 5.63. The number of carbonyl (C=O) groups is 1. The molecule has 1 aliphatic rings. The van der Waals surface area contributed by atoms with Gasteiger partial charge in [0.15, 0.2) is 4.96 Å². The number of nitrogens with zero attached hydrogens (tertiary/aromatic N) is 6. The third-order valence-electron chi connectivity index (χ3n) is 7.87. The highest BCUT2D eigenvalue weighted by molar-refractivity contribution is 7.15. The predicted molar refractivity (Wildman–Crippen MR) is 179 cm³/mol. The molecule has 7 rings (SSSR count). The number of thiazole rings is 1. The Morgan fingerprint density at radius 2 is 1.71 bits per heavy atom. The van der Waals surface area contributed by atoms with Crippen LogP contribution in [0.1, 0.15) is 10.4 Å². The molecule has 4 heterocycles. The molecule has 0 aliphatic carbocycles. The number of β-amino-alcohol motifs (C(OH)–C–C–N with tert-alkyl or cyclic N) is 1. The lowest BCUT2D eigenvalue weighted by atomic mass is 10.1. The number of nitrogens with one attached hydrogen (secondary N) is 2. The molecular weight excluding hydrogens is 584 g/mol. The summed E-state index contributed by atoms with van der Waals surface area (Å²) in [6, 6.07) is 27.1. The standard InChI is InChI=1S/C34H32N8O2S/c43-21-19-40-15-17-41(18-16-40)28-11-9-26(10-12-28)37-33-35-14-13-29(38-33)31-30(39-34-42(31)20-22-45-34)25-7-4-8-27(23-25)36-32(44)24-5-2-1-3-6-24/h1-14,20,22-23,43H,15-19,21H2,(H,36,44)(H,35,37,38). The number of amides is 1. The molecule has 1 fully saturated rings. The summed E-state index contributed by atoms with van der Waals surface area (Å²) in [5.41, 5.74) is 6.56. The summed E-state index contributed by atoms with van der Waals surface area (Å²) in [5, 5.41) is 17.6. The van der Waals surface area contributed by atoms with Crippen molar-refractivity contribution < 1.29 is 9.90 Å². The zero-order valence-corrected chi connectivity index (χ0v) is 25.3. The summed E-state index contributed by atoms with van der Waals surface area (Å²) in [6.07, 6.45) is 3.74. The highest BCUT2D eigenvalue weighted by atomic mass is 32.1. The number of hydrogen-bond acceptors (Lipinski definition) is 9. The van der Waals surface area contributed by atoms with Crippen LogP contribution in [0.3, 0.4) is 0 Å². The third-order valence-corrected chi connectivity index (χ3v) is 8.62. The number of carbonyl (C=O) groups excluding carboxylic acids is 1. The summed E-state index contributed by atoms with van der Waals surface area (Å²) in [7, 11) is 0. The zero-order chi connectivity index (χ0) is 30.6.